The molecule has 0 radical (unpaired) electrons. The van der Waals surface area contributed by atoms with Crippen molar-refractivity contribution in [1.29, 1.82) is 0 Å². The number of carbonyl (C=O) groups is 1. The number of nitrogens with one attached hydrogen (secondary N) is 2. The molecule has 1 aliphatic rings. The van der Waals surface area contributed by atoms with E-state index in [9.17, 15) is 4.79 Å². The van der Waals surface area contributed by atoms with Gasteiger partial charge in [-0.25, -0.2) is 4.79 Å². The Labute approximate surface area is 107 Å². The summed E-state index contributed by atoms with van der Waals surface area (Å²) < 4.78 is 0. The first-order valence-electron chi connectivity index (χ1n) is 5.91. The van der Waals surface area contributed by atoms with Gasteiger partial charge < -0.3 is 10.6 Å². The van der Waals surface area contributed by atoms with Gasteiger partial charge >= 0.3 is 6.03 Å². The number of anilines is 1. The van der Waals surface area contributed by atoms with Gasteiger partial charge in [-0.05, 0) is 25.1 Å². The SMILES string of the molecule is CC1=CC=C(NC(=O)Nc2ccccc2)CC=C1. The molecule has 1 aromatic rings. The molecule has 92 valence electrons. The highest BCUT2D eigenvalue weighted by Gasteiger charge is 2.04. The number of hydrogen-bond acceptors (Lipinski definition) is 1. The van der Waals surface area contributed by atoms with Crippen molar-refractivity contribution >= 4 is 11.7 Å². The van der Waals surface area contributed by atoms with Crippen molar-refractivity contribution in [2.45, 2.75) is 13.3 Å². The van der Waals surface area contributed by atoms with E-state index in [2.05, 4.69) is 10.6 Å². The predicted molar refractivity (Wildman–Crippen MR) is 74.2 cm³/mol. The molecule has 0 unspecified atom stereocenters. The summed E-state index contributed by atoms with van der Waals surface area (Å²) in [5, 5.41) is 5.63. The number of benzene rings is 1. The quantitative estimate of drug-likeness (QED) is 0.814. The Kier molecular flexibility index (Phi) is 3.97. The molecule has 2 rings (SSSR count). The normalized spacial score (nSPS) is 14.3. The average Bonchev–Trinajstić information content (AvgIpc) is 2.56. The molecular formula is C15H16N2O. The average molecular weight is 240 g/mol. The Bertz CT molecular complexity index is 513. The van der Waals surface area contributed by atoms with Crippen LogP contribution in [0.1, 0.15) is 13.3 Å². The summed E-state index contributed by atoms with van der Waals surface area (Å²) in [5.74, 6) is 0. The first kappa shape index (κ1) is 12.2. The Morgan fingerprint density at radius 1 is 1.11 bits per heavy atom. The molecule has 0 spiro atoms. The standard InChI is InChI=1S/C15H16N2O/c1-12-6-5-9-14(11-10-12)17-15(18)16-13-7-3-2-4-8-13/h2-8,10-11H,9H2,1H3,(H2,16,17,18). The topological polar surface area (TPSA) is 41.1 Å². The van der Waals surface area contributed by atoms with Gasteiger partial charge in [-0.15, -0.1) is 0 Å². The zero-order valence-electron chi connectivity index (χ0n) is 10.3. The maximum atomic E-state index is 11.8. The van der Waals surface area contributed by atoms with Crippen LogP contribution >= 0.6 is 0 Å². The van der Waals surface area contributed by atoms with E-state index in [0.29, 0.717) is 0 Å². The van der Waals surface area contributed by atoms with E-state index in [0.717, 1.165) is 17.8 Å². The van der Waals surface area contributed by atoms with Gasteiger partial charge in [0.05, 0.1) is 0 Å². The molecular weight excluding hydrogens is 224 g/mol. The van der Waals surface area contributed by atoms with Crippen molar-refractivity contribution < 1.29 is 4.79 Å². The molecule has 0 heterocycles. The number of urea groups is 1. The first-order valence-corrected chi connectivity index (χ1v) is 5.91. The lowest BCUT2D eigenvalue weighted by Crippen LogP contribution is -2.27. The zero-order valence-corrected chi connectivity index (χ0v) is 10.3. The van der Waals surface area contributed by atoms with Gasteiger partial charge in [0.25, 0.3) is 0 Å². The van der Waals surface area contributed by atoms with Crippen LogP contribution < -0.4 is 10.6 Å². The van der Waals surface area contributed by atoms with Gasteiger partial charge in [-0.1, -0.05) is 42.0 Å². The van der Waals surface area contributed by atoms with E-state index in [1.807, 2.05) is 61.6 Å². The highest BCUT2D eigenvalue weighted by atomic mass is 16.2. The molecule has 0 saturated carbocycles. The third-order valence-corrected chi connectivity index (χ3v) is 2.57. The Hall–Kier alpha value is -2.29. The van der Waals surface area contributed by atoms with E-state index in [-0.39, 0.29) is 6.03 Å². The highest BCUT2D eigenvalue weighted by molar-refractivity contribution is 5.90. The second kappa shape index (κ2) is 5.87. The van der Waals surface area contributed by atoms with Crippen molar-refractivity contribution in [1.82, 2.24) is 5.32 Å². The second-order valence-corrected chi connectivity index (χ2v) is 4.15. The van der Waals surface area contributed by atoms with Gasteiger partial charge in [0.2, 0.25) is 0 Å². The Morgan fingerprint density at radius 3 is 2.67 bits per heavy atom. The minimum absolute atomic E-state index is 0.214. The Morgan fingerprint density at radius 2 is 1.89 bits per heavy atom. The zero-order chi connectivity index (χ0) is 12.8. The molecule has 2 amide bonds. The van der Waals surface area contributed by atoms with Crippen LogP contribution in [0.15, 0.2) is 65.9 Å². The first-order chi connectivity index (χ1) is 8.74. The fourth-order valence-corrected chi connectivity index (χ4v) is 1.65. The van der Waals surface area contributed by atoms with Crippen molar-refractivity contribution in [3.8, 4) is 0 Å². The summed E-state index contributed by atoms with van der Waals surface area (Å²) in [4.78, 5) is 11.8. The monoisotopic (exact) mass is 240 g/mol. The minimum Gasteiger partial charge on any atom is -0.311 e. The maximum absolute atomic E-state index is 11.8. The lowest BCUT2D eigenvalue weighted by atomic mass is 10.3. The van der Waals surface area contributed by atoms with Crippen LogP contribution in [0.25, 0.3) is 0 Å². The summed E-state index contributed by atoms with van der Waals surface area (Å²) in [5.41, 5.74) is 2.85. The van der Waals surface area contributed by atoms with E-state index >= 15 is 0 Å². The number of hydrogen-bond donors (Lipinski definition) is 2. The number of para-hydroxylation sites is 1. The lowest BCUT2D eigenvalue weighted by Gasteiger charge is -2.08. The number of amides is 2. The van der Waals surface area contributed by atoms with Gasteiger partial charge in [-0.2, -0.15) is 0 Å². The fourth-order valence-electron chi connectivity index (χ4n) is 1.65. The van der Waals surface area contributed by atoms with E-state index in [4.69, 9.17) is 0 Å². The van der Waals surface area contributed by atoms with Gasteiger partial charge in [0.15, 0.2) is 0 Å². The van der Waals surface area contributed by atoms with E-state index in [1.165, 1.54) is 5.57 Å². The van der Waals surface area contributed by atoms with Crippen LogP contribution in [-0.4, -0.2) is 6.03 Å². The molecule has 0 aromatic heterocycles. The molecule has 18 heavy (non-hydrogen) atoms. The summed E-state index contributed by atoms with van der Waals surface area (Å²) in [6.07, 6.45) is 8.73. The molecule has 0 atom stereocenters. The maximum Gasteiger partial charge on any atom is 0.323 e. The number of allylic oxidation sites excluding steroid dienone is 5. The third-order valence-electron chi connectivity index (χ3n) is 2.57. The van der Waals surface area contributed by atoms with Crippen LogP contribution in [0.5, 0.6) is 0 Å². The summed E-state index contributed by atoms with van der Waals surface area (Å²) in [6, 6.07) is 9.17. The number of rotatable bonds is 2. The van der Waals surface area contributed by atoms with Crippen molar-refractivity contribution in [3.63, 3.8) is 0 Å². The van der Waals surface area contributed by atoms with Gasteiger partial charge in [-0.3, -0.25) is 0 Å². The summed E-state index contributed by atoms with van der Waals surface area (Å²) in [7, 11) is 0. The van der Waals surface area contributed by atoms with Crippen molar-refractivity contribution in [2.24, 2.45) is 0 Å². The molecule has 2 N–H and O–H groups in total. The molecule has 0 bridgehead atoms. The molecule has 3 nitrogen and oxygen atoms in total. The van der Waals surface area contributed by atoms with Crippen LogP contribution in [0.2, 0.25) is 0 Å². The molecule has 0 aliphatic heterocycles. The Balaban J connectivity index is 1.94. The molecule has 3 heteroatoms. The third kappa shape index (κ3) is 3.63. The molecule has 0 saturated heterocycles. The second-order valence-electron chi connectivity index (χ2n) is 4.15. The van der Waals surface area contributed by atoms with Crippen LogP contribution in [0.4, 0.5) is 10.5 Å². The smallest absolute Gasteiger partial charge is 0.311 e. The largest absolute Gasteiger partial charge is 0.323 e. The summed E-state index contributed by atoms with van der Waals surface area (Å²) in [6.45, 7) is 2.03. The summed E-state index contributed by atoms with van der Waals surface area (Å²) >= 11 is 0. The van der Waals surface area contributed by atoms with E-state index < -0.39 is 0 Å². The molecule has 1 aromatic carbocycles. The van der Waals surface area contributed by atoms with E-state index in [1.54, 1.807) is 0 Å². The minimum atomic E-state index is -0.214. The van der Waals surface area contributed by atoms with Crippen molar-refractivity contribution in [3.05, 3.63) is 65.9 Å². The highest BCUT2D eigenvalue weighted by Crippen LogP contribution is 2.09. The van der Waals surface area contributed by atoms with Crippen LogP contribution in [0, 0.1) is 0 Å². The fraction of sp³-hybridized carbons (Fsp3) is 0.133. The van der Waals surface area contributed by atoms with Crippen LogP contribution in [0.3, 0.4) is 0 Å². The molecule has 0 fully saturated rings. The number of carbonyl (C=O) groups excluding carboxylic acids is 1. The van der Waals surface area contributed by atoms with Gasteiger partial charge in [0.1, 0.15) is 0 Å². The van der Waals surface area contributed by atoms with Gasteiger partial charge in [0, 0.05) is 17.8 Å². The van der Waals surface area contributed by atoms with Crippen molar-refractivity contribution in [2.75, 3.05) is 5.32 Å². The molecule has 1 aliphatic carbocycles. The lowest BCUT2D eigenvalue weighted by molar-refractivity contribution is 0.254. The predicted octanol–water partition coefficient (Wildman–Crippen LogP) is 3.60. The van der Waals surface area contributed by atoms with Crippen LogP contribution in [-0.2, 0) is 0 Å².